The van der Waals surface area contributed by atoms with Crippen LogP contribution in [0.4, 0.5) is 5.13 Å². The molecule has 0 saturated carbocycles. The van der Waals surface area contributed by atoms with Crippen LogP contribution in [0.3, 0.4) is 0 Å². The lowest BCUT2D eigenvalue weighted by Crippen LogP contribution is -2.21. The maximum atomic E-state index is 13.3. The SMILES string of the molecule is C=C(/C=c1/sc(NC(=O)c2cnc(C)cc2-c2cc(=O)[nH]cc2OC)n/c1=C/C)CCC(C)(C)O. The predicted octanol–water partition coefficient (Wildman–Crippen LogP) is 3.15. The van der Waals surface area contributed by atoms with E-state index in [-0.39, 0.29) is 11.1 Å². The minimum atomic E-state index is -0.768. The van der Waals surface area contributed by atoms with Crippen LogP contribution in [0.15, 0.2) is 41.5 Å². The summed E-state index contributed by atoms with van der Waals surface area (Å²) >= 11 is 1.33. The number of hydrogen-bond donors (Lipinski definition) is 3. The first-order valence-electron chi connectivity index (χ1n) is 11.1. The Morgan fingerprint density at radius 2 is 2.09 bits per heavy atom. The normalized spacial score (nSPS) is 12.6. The van der Waals surface area contributed by atoms with E-state index in [1.54, 1.807) is 19.9 Å². The van der Waals surface area contributed by atoms with Crippen LogP contribution in [0, 0.1) is 6.92 Å². The summed E-state index contributed by atoms with van der Waals surface area (Å²) in [6.07, 6.45) is 7.96. The molecule has 0 atom stereocenters. The average Bonchev–Trinajstić information content (AvgIpc) is 3.17. The summed E-state index contributed by atoms with van der Waals surface area (Å²) in [7, 11) is 1.50. The lowest BCUT2D eigenvalue weighted by atomic mass is 9.99. The molecule has 0 saturated heterocycles. The lowest BCUT2D eigenvalue weighted by molar-refractivity contribution is 0.0717. The quantitative estimate of drug-likeness (QED) is 0.443. The number of allylic oxidation sites excluding steroid dienone is 1. The smallest absolute Gasteiger partial charge is 0.259 e. The van der Waals surface area contributed by atoms with Crippen molar-refractivity contribution < 1.29 is 14.6 Å². The van der Waals surface area contributed by atoms with Gasteiger partial charge in [0.25, 0.3) is 5.91 Å². The minimum Gasteiger partial charge on any atom is -0.495 e. The number of pyridine rings is 2. The van der Waals surface area contributed by atoms with Crippen molar-refractivity contribution in [1.82, 2.24) is 15.0 Å². The fourth-order valence-electron chi connectivity index (χ4n) is 3.40. The van der Waals surface area contributed by atoms with Gasteiger partial charge in [-0.15, -0.1) is 0 Å². The Morgan fingerprint density at radius 3 is 2.74 bits per heavy atom. The van der Waals surface area contributed by atoms with Gasteiger partial charge in [0.15, 0.2) is 5.13 Å². The van der Waals surface area contributed by atoms with E-state index < -0.39 is 11.5 Å². The van der Waals surface area contributed by atoms with Gasteiger partial charge in [-0.25, -0.2) is 4.98 Å². The van der Waals surface area contributed by atoms with Crippen molar-refractivity contribution in [2.24, 2.45) is 0 Å². The molecule has 0 unspecified atom stereocenters. The summed E-state index contributed by atoms with van der Waals surface area (Å²) < 4.78 is 6.26. The topological polar surface area (TPSA) is 117 Å². The van der Waals surface area contributed by atoms with Crippen molar-refractivity contribution in [2.45, 2.75) is 46.1 Å². The molecule has 3 N–H and O–H groups in total. The Balaban J connectivity index is 1.95. The molecule has 0 bridgehead atoms. The van der Waals surface area contributed by atoms with Gasteiger partial charge in [-0.2, -0.15) is 0 Å². The molecule has 35 heavy (non-hydrogen) atoms. The van der Waals surface area contributed by atoms with Gasteiger partial charge >= 0.3 is 0 Å². The van der Waals surface area contributed by atoms with Crippen molar-refractivity contribution in [2.75, 3.05) is 12.4 Å². The van der Waals surface area contributed by atoms with Gasteiger partial charge in [0.05, 0.1) is 28.2 Å². The molecule has 0 radical (unpaired) electrons. The molecular formula is C26H30N4O4S. The number of carbonyl (C=O) groups is 1. The Labute approximate surface area is 207 Å². The Morgan fingerprint density at radius 1 is 1.34 bits per heavy atom. The number of aromatic amines is 1. The van der Waals surface area contributed by atoms with E-state index in [9.17, 15) is 14.7 Å². The number of aliphatic hydroxyl groups is 1. The third-order valence-corrected chi connectivity index (χ3v) is 6.18. The Kier molecular flexibility index (Phi) is 8.03. The fourth-order valence-corrected chi connectivity index (χ4v) is 4.39. The number of H-pyrrole nitrogens is 1. The molecule has 3 heterocycles. The second-order valence-corrected chi connectivity index (χ2v) is 9.81. The van der Waals surface area contributed by atoms with Crippen molar-refractivity contribution in [3.05, 3.63) is 68.2 Å². The van der Waals surface area contributed by atoms with Crippen LogP contribution in [0.2, 0.25) is 0 Å². The monoisotopic (exact) mass is 494 g/mol. The molecule has 3 aromatic heterocycles. The van der Waals surface area contributed by atoms with Gasteiger partial charge in [0.1, 0.15) is 5.75 Å². The third kappa shape index (κ3) is 6.74. The molecule has 9 heteroatoms. The van der Waals surface area contributed by atoms with E-state index in [0.29, 0.717) is 40.5 Å². The fraction of sp³-hybridized carbons (Fsp3) is 0.308. The van der Waals surface area contributed by atoms with Crippen molar-refractivity contribution in [1.29, 1.82) is 0 Å². The number of ether oxygens (including phenoxy) is 1. The average molecular weight is 495 g/mol. The van der Waals surface area contributed by atoms with Crippen molar-refractivity contribution in [3.63, 3.8) is 0 Å². The number of nitrogens with one attached hydrogen (secondary N) is 2. The molecule has 0 aromatic carbocycles. The largest absolute Gasteiger partial charge is 0.495 e. The third-order valence-electron chi connectivity index (χ3n) is 5.25. The minimum absolute atomic E-state index is 0.289. The van der Waals surface area contributed by atoms with Gasteiger partial charge in [-0.05, 0) is 52.7 Å². The van der Waals surface area contributed by atoms with Gasteiger partial charge < -0.3 is 14.8 Å². The van der Waals surface area contributed by atoms with Crippen LogP contribution >= 0.6 is 11.3 Å². The maximum Gasteiger partial charge on any atom is 0.259 e. The van der Waals surface area contributed by atoms with Crippen LogP contribution in [0.5, 0.6) is 5.75 Å². The second kappa shape index (κ2) is 10.8. The van der Waals surface area contributed by atoms with Crippen LogP contribution in [0.1, 0.15) is 49.7 Å². The summed E-state index contributed by atoms with van der Waals surface area (Å²) in [5, 5.41) is 14.0. The molecular weight excluding hydrogens is 464 g/mol. The molecule has 8 nitrogen and oxygen atoms in total. The van der Waals surface area contributed by atoms with Gasteiger partial charge in [0.2, 0.25) is 5.56 Å². The first-order valence-corrected chi connectivity index (χ1v) is 11.9. The molecule has 0 spiro atoms. The molecule has 0 fully saturated rings. The standard InChI is InChI=1S/C26H30N4O4S/c1-7-20-22(10-15(2)8-9-26(4,5)33)35-25(29-20)30-24(32)19-13-27-16(3)11-17(19)18-12-23(31)28-14-21(18)34-6/h7,10-14,33H,2,8-9H2,1,3-6H3,(H,28,31)(H,29,30,32)/b20-7+,22-10+. The van der Waals surface area contributed by atoms with E-state index >= 15 is 0 Å². The molecule has 3 aromatic rings. The number of nitrogens with zero attached hydrogens (tertiary/aromatic N) is 2. The van der Waals surface area contributed by atoms with E-state index in [1.807, 2.05) is 26.0 Å². The van der Waals surface area contributed by atoms with Crippen LogP contribution in [0.25, 0.3) is 23.3 Å². The number of hydrogen-bond acceptors (Lipinski definition) is 7. The molecule has 0 aliphatic heterocycles. The zero-order chi connectivity index (χ0) is 25.8. The number of rotatable bonds is 8. The Bertz CT molecular complexity index is 1430. The highest BCUT2D eigenvalue weighted by atomic mass is 32.1. The number of thiazole rings is 1. The van der Waals surface area contributed by atoms with E-state index in [1.165, 1.54) is 36.9 Å². The summed E-state index contributed by atoms with van der Waals surface area (Å²) in [4.78, 5) is 36.6. The highest BCUT2D eigenvalue weighted by molar-refractivity contribution is 7.13. The number of amides is 1. The molecule has 0 aliphatic rings. The van der Waals surface area contributed by atoms with Crippen molar-refractivity contribution >= 4 is 34.5 Å². The molecule has 3 rings (SSSR count). The van der Waals surface area contributed by atoms with E-state index in [0.717, 1.165) is 15.5 Å². The summed E-state index contributed by atoms with van der Waals surface area (Å²) in [6.45, 7) is 11.3. The summed E-state index contributed by atoms with van der Waals surface area (Å²) in [6, 6.07) is 3.13. The first-order chi connectivity index (χ1) is 16.5. The van der Waals surface area contributed by atoms with Crippen LogP contribution in [-0.2, 0) is 0 Å². The van der Waals surface area contributed by atoms with E-state index in [2.05, 4.69) is 26.8 Å². The van der Waals surface area contributed by atoms with Crippen LogP contribution < -0.4 is 25.5 Å². The zero-order valence-electron chi connectivity index (χ0n) is 20.6. The number of aromatic nitrogens is 3. The number of carbonyl (C=O) groups excluding carboxylic acids is 1. The lowest BCUT2D eigenvalue weighted by Gasteiger charge is -2.16. The number of anilines is 1. The highest BCUT2D eigenvalue weighted by Gasteiger charge is 2.19. The Hall–Kier alpha value is -3.56. The zero-order valence-corrected chi connectivity index (χ0v) is 21.4. The van der Waals surface area contributed by atoms with Gasteiger partial charge in [0, 0.05) is 35.3 Å². The van der Waals surface area contributed by atoms with Gasteiger partial charge in [-0.3, -0.25) is 19.9 Å². The second-order valence-electron chi connectivity index (χ2n) is 8.78. The molecule has 1 amide bonds. The van der Waals surface area contributed by atoms with Crippen LogP contribution in [-0.4, -0.2) is 38.7 Å². The molecule has 0 aliphatic carbocycles. The number of methoxy groups -OCH3 is 1. The summed E-state index contributed by atoms with van der Waals surface area (Å²) in [5.74, 6) is 0.0291. The predicted molar refractivity (Wildman–Crippen MR) is 140 cm³/mol. The molecule has 184 valence electrons. The van der Waals surface area contributed by atoms with E-state index in [4.69, 9.17) is 4.74 Å². The highest BCUT2D eigenvalue weighted by Crippen LogP contribution is 2.31. The van der Waals surface area contributed by atoms with Crippen molar-refractivity contribution in [3.8, 4) is 16.9 Å². The first kappa shape index (κ1) is 26.1. The van der Waals surface area contributed by atoms with Gasteiger partial charge in [-0.1, -0.05) is 29.6 Å². The summed E-state index contributed by atoms with van der Waals surface area (Å²) in [5.41, 5.74) is 1.79. The number of aryl methyl sites for hydroxylation is 1. The maximum absolute atomic E-state index is 13.3.